The summed E-state index contributed by atoms with van der Waals surface area (Å²) in [6.07, 6.45) is 6.14. The third kappa shape index (κ3) is 4.45. The number of carbonyl (C=O) groups excluding carboxylic acids is 1. The summed E-state index contributed by atoms with van der Waals surface area (Å²) >= 11 is 0. The number of benzene rings is 2. The van der Waals surface area contributed by atoms with Gasteiger partial charge in [-0.1, -0.05) is 19.3 Å². The first kappa shape index (κ1) is 19.9. The maximum Gasteiger partial charge on any atom is 0.261 e. The predicted molar refractivity (Wildman–Crippen MR) is 110 cm³/mol. The SMILES string of the molecule is O=C(c1ccc(NS(=O)(=O)c2ccc(F)cc2)cc1)N1CC[C@@H]2CCCC[C@@H]2C1. The molecule has 1 saturated carbocycles. The van der Waals surface area contributed by atoms with E-state index < -0.39 is 15.8 Å². The number of carbonyl (C=O) groups is 1. The van der Waals surface area contributed by atoms with Crippen molar-refractivity contribution in [2.45, 2.75) is 37.0 Å². The maximum absolute atomic E-state index is 13.0. The highest BCUT2D eigenvalue weighted by Crippen LogP contribution is 2.36. The molecule has 0 spiro atoms. The van der Waals surface area contributed by atoms with Crippen LogP contribution >= 0.6 is 0 Å². The number of nitrogens with one attached hydrogen (secondary N) is 1. The number of likely N-dealkylation sites (tertiary alicyclic amines) is 1. The fourth-order valence-electron chi connectivity index (χ4n) is 4.48. The van der Waals surface area contributed by atoms with Crippen molar-refractivity contribution in [1.29, 1.82) is 0 Å². The number of anilines is 1. The maximum atomic E-state index is 13.0. The standard InChI is InChI=1S/C22H25FN2O3S/c23-19-7-11-21(12-8-19)29(27,28)24-20-9-5-17(6-10-20)22(26)25-14-13-16-3-1-2-4-18(16)15-25/h5-12,16,18,24H,1-4,13-15H2/t16-,18+/m0/s1. The van der Waals surface area contributed by atoms with Crippen molar-refractivity contribution in [2.75, 3.05) is 17.8 Å². The van der Waals surface area contributed by atoms with Gasteiger partial charge in [0.25, 0.3) is 15.9 Å². The number of amides is 1. The van der Waals surface area contributed by atoms with E-state index in [9.17, 15) is 17.6 Å². The van der Waals surface area contributed by atoms with Gasteiger partial charge >= 0.3 is 0 Å². The molecular formula is C22H25FN2O3S. The second kappa shape index (κ2) is 8.14. The molecule has 1 N–H and O–H groups in total. The van der Waals surface area contributed by atoms with E-state index >= 15 is 0 Å². The van der Waals surface area contributed by atoms with E-state index in [-0.39, 0.29) is 10.8 Å². The highest BCUT2D eigenvalue weighted by Gasteiger charge is 2.33. The van der Waals surface area contributed by atoms with Crippen LogP contribution < -0.4 is 4.72 Å². The van der Waals surface area contributed by atoms with Crippen LogP contribution in [0, 0.1) is 17.7 Å². The summed E-state index contributed by atoms with van der Waals surface area (Å²) in [6, 6.07) is 11.1. The average Bonchev–Trinajstić information content (AvgIpc) is 2.73. The molecule has 4 rings (SSSR count). The van der Waals surface area contributed by atoms with Gasteiger partial charge in [0.15, 0.2) is 0 Å². The first-order valence-corrected chi connectivity index (χ1v) is 11.6. The van der Waals surface area contributed by atoms with Crippen LogP contribution in [0.25, 0.3) is 0 Å². The number of piperidine rings is 1. The average molecular weight is 417 g/mol. The van der Waals surface area contributed by atoms with Crippen molar-refractivity contribution in [3.8, 4) is 0 Å². The van der Waals surface area contributed by atoms with Crippen LogP contribution in [0.15, 0.2) is 53.4 Å². The van der Waals surface area contributed by atoms with Crippen molar-refractivity contribution < 1.29 is 17.6 Å². The van der Waals surface area contributed by atoms with Crippen molar-refractivity contribution in [2.24, 2.45) is 11.8 Å². The lowest BCUT2D eigenvalue weighted by molar-refractivity contribution is 0.0521. The molecule has 7 heteroatoms. The summed E-state index contributed by atoms with van der Waals surface area (Å²) in [5.41, 5.74) is 0.917. The van der Waals surface area contributed by atoms with Crippen molar-refractivity contribution in [3.63, 3.8) is 0 Å². The topological polar surface area (TPSA) is 66.5 Å². The lowest BCUT2D eigenvalue weighted by Crippen LogP contribution is -2.44. The molecule has 1 aliphatic heterocycles. The third-order valence-corrected chi connectivity index (χ3v) is 7.48. The molecule has 154 valence electrons. The molecule has 29 heavy (non-hydrogen) atoms. The van der Waals surface area contributed by atoms with Crippen LogP contribution in [0.1, 0.15) is 42.5 Å². The van der Waals surface area contributed by atoms with Gasteiger partial charge in [-0.05, 0) is 73.2 Å². The first-order chi connectivity index (χ1) is 13.9. The normalized spacial score (nSPS) is 22.0. The van der Waals surface area contributed by atoms with E-state index in [0.29, 0.717) is 17.2 Å². The second-order valence-electron chi connectivity index (χ2n) is 7.98. The van der Waals surface area contributed by atoms with E-state index in [0.717, 1.165) is 37.6 Å². The fourth-order valence-corrected chi connectivity index (χ4v) is 5.54. The summed E-state index contributed by atoms with van der Waals surface area (Å²) in [7, 11) is -3.81. The zero-order valence-corrected chi connectivity index (χ0v) is 17.0. The Balaban J connectivity index is 1.42. The number of fused-ring (bicyclic) bond motifs is 1. The number of rotatable bonds is 4. The van der Waals surface area contributed by atoms with Crippen molar-refractivity contribution in [1.82, 2.24) is 4.90 Å². The molecule has 1 heterocycles. The Hall–Kier alpha value is -2.41. The number of hydrogen-bond donors (Lipinski definition) is 1. The minimum Gasteiger partial charge on any atom is -0.338 e. The van der Waals surface area contributed by atoms with Gasteiger partial charge in [-0.15, -0.1) is 0 Å². The van der Waals surface area contributed by atoms with E-state index in [2.05, 4.69) is 4.72 Å². The monoisotopic (exact) mass is 416 g/mol. The lowest BCUT2D eigenvalue weighted by atomic mass is 9.75. The molecule has 2 aliphatic rings. The molecule has 1 aliphatic carbocycles. The van der Waals surface area contributed by atoms with E-state index in [1.165, 1.54) is 37.8 Å². The lowest BCUT2D eigenvalue weighted by Gasteiger charge is -2.41. The summed E-state index contributed by atoms with van der Waals surface area (Å²) < 4.78 is 40.3. The molecule has 0 unspecified atom stereocenters. The zero-order chi connectivity index (χ0) is 20.4. The van der Waals surface area contributed by atoms with Gasteiger partial charge in [0.2, 0.25) is 0 Å². The molecule has 1 saturated heterocycles. The Kier molecular flexibility index (Phi) is 5.58. The molecular weight excluding hydrogens is 391 g/mol. The number of sulfonamides is 1. The van der Waals surface area contributed by atoms with Gasteiger partial charge in [-0.3, -0.25) is 9.52 Å². The van der Waals surface area contributed by atoms with Crippen LogP contribution in [-0.2, 0) is 10.0 Å². The molecule has 2 atom stereocenters. The molecule has 2 aromatic rings. The van der Waals surface area contributed by atoms with Gasteiger partial charge in [-0.2, -0.15) is 0 Å². The summed E-state index contributed by atoms with van der Waals surface area (Å²) in [4.78, 5) is 14.8. The molecule has 0 bridgehead atoms. The summed E-state index contributed by atoms with van der Waals surface area (Å²) in [5, 5.41) is 0. The van der Waals surface area contributed by atoms with Gasteiger partial charge in [0.1, 0.15) is 5.82 Å². The van der Waals surface area contributed by atoms with Gasteiger partial charge in [0.05, 0.1) is 4.90 Å². The van der Waals surface area contributed by atoms with E-state index in [4.69, 9.17) is 0 Å². The molecule has 0 aromatic heterocycles. The minimum atomic E-state index is -3.81. The Morgan fingerprint density at radius 3 is 2.28 bits per heavy atom. The summed E-state index contributed by atoms with van der Waals surface area (Å²) in [6.45, 7) is 1.61. The molecule has 5 nitrogen and oxygen atoms in total. The van der Waals surface area contributed by atoms with Gasteiger partial charge in [0, 0.05) is 24.3 Å². The van der Waals surface area contributed by atoms with Crippen LogP contribution in [0.5, 0.6) is 0 Å². The van der Waals surface area contributed by atoms with E-state index in [1.807, 2.05) is 4.90 Å². The molecule has 2 aromatic carbocycles. The summed E-state index contributed by atoms with van der Waals surface area (Å²) in [5.74, 6) is 0.880. The van der Waals surface area contributed by atoms with Crippen LogP contribution in [0.4, 0.5) is 10.1 Å². The van der Waals surface area contributed by atoms with Crippen LogP contribution in [-0.4, -0.2) is 32.3 Å². The predicted octanol–water partition coefficient (Wildman–Crippen LogP) is 4.28. The Morgan fingerprint density at radius 1 is 0.931 bits per heavy atom. The van der Waals surface area contributed by atoms with Crippen molar-refractivity contribution in [3.05, 3.63) is 59.9 Å². The Labute approximate surface area is 171 Å². The van der Waals surface area contributed by atoms with Crippen LogP contribution in [0.3, 0.4) is 0 Å². The van der Waals surface area contributed by atoms with E-state index in [1.54, 1.807) is 24.3 Å². The zero-order valence-electron chi connectivity index (χ0n) is 16.2. The smallest absolute Gasteiger partial charge is 0.261 e. The second-order valence-corrected chi connectivity index (χ2v) is 9.66. The number of hydrogen-bond acceptors (Lipinski definition) is 3. The quantitative estimate of drug-likeness (QED) is 0.809. The van der Waals surface area contributed by atoms with Gasteiger partial charge < -0.3 is 4.90 Å². The minimum absolute atomic E-state index is 0.00182. The molecule has 1 amide bonds. The Morgan fingerprint density at radius 2 is 1.59 bits per heavy atom. The molecule has 0 radical (unpaired) electrons. The fraction of sp³-hybridized carbons (Fsp3) is 0.409. The van der Waals surface area contributed by atoms with Crippen molar-refractivity contribution >= 4 is 21.6 Å². The number of nitrogens with zero attached hydrogens (tertiary/aromatic N) is 1. The highest BCUT2D eigenvalue weighted by molar-refractivity contribution is 7.92. The first-order valence-electron chi connectivity index (χ1n) is 10.1. The molecule has 2 fully saturated rings. The van der Waals surface area contributed by atoms with Crippen LogP contribution in [0.2, 0.25) is 0 Å². The highest BCUT2D eigenvalue weighted by atomic mass is 32.2. The third-order valence-electron chi connectivity index (χ3n) is 6.09. The Bertz CT molecular complexity index is 974. The largest absolute Gasteiger partial charge is 0.338 e. The number of halogens is 1. The van der Waals surface area contributed by atoms with Gasteiger partial charge in [-0.25, -0.2) is 12.8 Å².